The van der Waals surface area contributed by atoms with Crippen molar-refractivity contribution >= 4 is 17.7 Å². The highest BCUT2D eigenvalue weighted by Crippen LogP contribution is 2.28. The van der Waals surface area contributed by atoms with E-state index in [0.29, 0.717) is 22.9 Å². The maximum atomic E-state index is 11.9. The highest BCUT2D eigenvalue weighted by molar-refractivity contribution is 6.02. The molecule has 0 saturated heterocycles. The van der Waals surface area contributed by atoms with Gasteiger partial charge in [-0.25, -0.2) is 0 Å². The molecule has 2 rings (SSSR count). The summed E-state index contributed by atoms with van der Waals surface area (Å²) < 4.78 is 15.7. The Morgan fingerprint density at radius 1 is 1.19 bits per heavy atom. The minimum Gasteiger partial charge on any atom is -0.497 e. The Hall–Kier alpha value is -2.69. The lowest BCUT2D eigenvalue weighted by Crippen LogP contribution is -2.08. The maximum Gasteiger partial charge on any atom is 0.248 e. The van der Waals surface area contributed by atoms with E-state index in [1.165, 1.54) is 13.2 Å². The number of aryl methyl sites for hydroxylation is 1. The normalized spacial score (nSPS) is 10.6. The lowest BCUT2D eigenvalue weighted by atomic mass is 10.2. The summed E-state index contributed by atoms with van der Waals surface area (Å²) in [4.78, 5) is 11.9. The van der Waals surface area contributed by atoms with Crippen LogP contribution >= 0.6 is 0 Å². The van der Waals surface area contributed by atoms with Crippen LogP contribution in [0.2, 0.25) is 0 Å². The Morgan fingerprint density at radius 2 is 2.00 bits per heavy atom. The first-order valence-corrected chi connectivity index (χ1v) is 6.40. The summed E-state index contributed by atoms with van der Waals surface area (Å²) in [5.74, 6) is 2.35. The maximum absolute atomic E-state index is 11.9. The molecule has 1 N–H and O–H groups in total. The number of nitrogens with one attached hydrogen (secondary N) is 1. The van der Waals surface area contributed by atoms with Gasteiger partial charge in [0.15, 0.2) is 0 Å². The largest absolute Gasteiger partial charge is 0.497 e. The molecule has 0 bridgehead atoms. The summed E-state index contributed by atoms with van der Waals surface area (Å²) in [6, 6.07) is 8.81. The molecular weight excluding hydrogens is 270 g/mol. The Balaban J connectivity index is 2.07. The first-order chi connectivity index (χ1) is 10.1. The van der Waals surface area contributed by atoms with Gasteiger partial charge >= 0.3 is 0 Å². The number of ether oxygens (including phenoxy) is 2. The number of amides is 1. The van der Waals surface area contributed by atoms with E-state index in [9.17, 15) is 4.79 Å². The first-order valence-electron chi connectivity index (χ1n) is 6.40. The van der Waals surface area contributed by atoms with Crippen molar-refractivity contribution in [3.8, 4) is 11.5 Å². The highest BCUT2D eigenvalue weighted by atomic mass is 16.5. The van der Waals surface area contributed by atoms with Crippen LogP contribution in [0.1, 0.15) is 11.5 Å². The number of rotatable bonds is 5. The molecule has 0 radical (unpaired) electrons. The quantitative estimate of drug-likeness (QED) is 0.857. The molecule has 0 unspecified atom stereocenters. The molecule has 0 saturated carbocycles. The molecule has 1 aromatic heterocycles. The molecule has 0 aliphatic rings. The van der Waals surface area contributed by atoms with Gasteiger partial charge in [-0.2, -0.15) is 0 Å². The summed E-state index contributed by atoms with van der Waals surface area (Å²) in [6.45, 7) is 1.85. The predicted octanol–water partition coefficient (Wildman–Crippen LogP) is 3.26. The summed E-state index contributed by atoms with van der Waals surface area (Å²) >= 11 is 0. The average Bonchev–Trinajstić information content (AvgIpc) is 2.91. The van der Waals surface area contributed by atoms with Crippen LogP contribution in [0.15, 0.2) is 40.8 Å². The van der Waals surface area contributed by atoms with Crippen molar-refractivity contribution in [1.82, 2.24) is 0 Å². The lowest BCUT2D eigenvalue weighted by Gasteiger charge is -2.10. The Kier molecular flexibility index (Phi) is 4.66. The van der Waals surface area contributed by atoms with Crippen LogP contribution < -0.4 is 14.8 Å². The van der Waals surface area contributed by atoms with Crippen molar-refractivity contribution in [2.24, 2.45) is 0 Å². The van der Waals surface area contributed by atoms with Crippen LogP contribution in [0.25, 0.3) is 6.08 Å². The van der Waals surface area contributed by atoms with E-state index in [0.717, 1.165) is 5.76 Å². The third-order valence-electron chi connectivity index (χ3n) is 2.83. The van der Waals surface area contributed by atoms with Gasteiger partial charge in [-0.3, -0.25) is 4.79 Å². The van der Waals surface area contributed by atoms with Crippen molar-refractivity contribution in [3.63, 3.8) is 0 Å². The van der Waals surface area contributed by atoms with Gasteiger partial charge in [0.1, 0.15) is 23.0 Å². The van der Waals surface area contributed by atoms with Gasteiger partial charge in [-0.05, 0) is 37.3 Å². The van der Waals surface area contributed by atoms with Crippen LogP contribution in [0, 0.1) is 6.92 Å². The first kappa shape index (κ1) is 14.7. The van der Waals surface area contributed by atoms with Gasteiger partial charge in [-0.1, -0.05) is 0 Å². The van der Waals surface area contributed by atoms with Gasteiger partial charge in [-0.15, -0.1) is 0 Å². The molecule has 21 heavy (non-hydrogen) atoms. The van der Waals surface area contributed by atoms with Crippen molar-refractivity contribution in [2.75, 3.05) is 19.5 Å². The summed E-state index contributed by atoms with van der Waals surface area (Å²) in [5, 5.41) is 2.74. The summed E-state index contributed by atoms with van der Waals surface area (Å²) in [7, 11) is 3.10. The monoisotopic (exact) mass is 287 g/mol. The second-order valence-corrected chi connectivity index (χ2v) is 4.34. The average molecular weight is 287 g/mol. The van der Waals surface area contributed by atoms with E-state index in [1.54, 1.807) is 37.5 Å². The molecule has 2 aromatic rings. The van der Waals surface area contributed by atoms with Gasteiger partial charge in [0.25, 0.3) is 0 Å². The molecule has 5 heteroatoms. The minimum atomic E-state index is -0.271. The Bertz CT molecular complexity index is 658. The molecule has 1 aromatic carbocycles. The van der Waals surface area contributed by atoms with E-state index in [-0.39, 0.29) is 5.91 Å². The fourth-order valence-corrected chi connectivity index (χ4v) is 1.78. The zero-order valence-corrected chi connectivity index (χ0v) is 12.2. The van der Waals surface area contributed by atoms with Gasteiger partial charge < -0.3 is 19.2 Å². The van der Waals surface area contributed by atoms with Crippen LogP contribution in [-0.2, 0) is 4.79 Å². The standard InChI is InChI=1S/C16H17NO4/c1-11-4-5-12(21-11)7-9-16(18)17-14-8-6-13(19-2)10-15(14)20-3/h4-10H,1-3H3,(H,17,18). The smallest absolute Gasteiger partial charge is 0.248 e. The fourth-order valence-electron chi connectivity index (χ4n) is 1.78. The Morgan fingerprint density at radius 3 is 2.62 bits per heavy atom. The molecule has 1 heterocycles. The number of carbonyl (C=O) groups excluding carboxylic acids is 1. The molecule has 5 nitrogen and oxygen atoms in total. The van der Waals surface area contributed by atoms with Gasteiger partial charge in [0.2, 0.25) is 5.91 Å². The third kappa shape index (κ3) is 3.89. The van der Waals surface area contributed by atoms with E-state index >= 15 is 0 Å². The zero-order chi connectivity index (χ0) is 15.2. The molecule has 0 aliphatic carbocycles. The molecule has 0 fully saturated rings. The number of benzene rings is 1. The number of anilines is 1. The zero-order valence-electron chi connectivity index (χ0n) is 12.2. The van der Waals surface area contributed by atoms with Gasteiger partial charge in [0, 0.05) is 12.1 Å². The Labute approximate surface area is 123 Å². The second kappa shape index (κ2) is 6.65. The van der Waals surface area contributed by atoms with E-state index < -0.39 is 0 Å². The van der Waals surface area contributed by atoms with E-state index in [2.05, 4.69) is 5.32 Å². The predicted molar refractivity (Wildman–Crippen MR) is 80.7 cm³/mol. The molecule has 110 valence electrons. The molecular formula is C16H17NO4. The molecule has 0 atom stereocenters. The van der Waals surface area contributed by atoms with Crippen LogP contribution in [0.5, 0.6) is 11.5 Å². The molecule has 0 aliphatic heterocycles. The van der Waals surface area contributed by atoms with Crippen molar-refractivity contribution in [3.05, 3.63) is 47.9 Å². The van der Waals surface area contributed by atoms with Crippen LogP contribution in [-0.4, -0.2) is 20.1 Å². The van der Waals surface area contributed by atoms with Crippen molar-refractivity contribution in [2.45, 2.75) is 6.92 Å². The van der Waals surface area contributed by atoms with Crippen LogP contribution in [0.3, 0.4) is 0 Å². The SMILES string of the molecule is COc1ccc(NC(=O)C=Cc2ccc(C)o2)c(OC)c1. The molecule has 1 amide bonds. The van der Waals surface area contributed by atoms with Crippen molar-refractivity contribution < 1.29 is 18.7 Å². The highest BCUT2D eigenvalue weighted by Gasteiger charge is 2.07. The number of furan rings is 1. The summed E-state index contributed by atoms with van der Waals surface area (Å²) in [5.41, 5.74) is 0.573. The fraction of sp³-hybridized carbons (Fsp3) is 0.188. The number of methoxy groups -OCH3 is 2. The second-order valence-electron chi connectivity index (χ2n) is 4.34. The topological polar surface area (TPSA) is 60.7 Å². The van der Waals surface area contributed by atoms with Crippen molar-refractivity contribution in [1.29, 1.82) is 0 Å². The third-order valence-corrected chi connectivity index (χ3v) is 2.83. The number of hydrogen-bond donors (Lipinski definition) is 1. The number of carbonyl (C=O) groups is 1. The lowest BCUT2D eigenvalue weighted by molar-refractivity contribution is -0.111. The number of hydrogen-bond acceptors (Lipinski definition) is 4. The van der Waals surface area contributed by atoms with E-state index in [4.69, 9.17) is 13.9 Å². The van der Waals surface area contributed by atoms with E-state index in [1.807, 2.05) is 13.0 Å². The minimum absolute atomic E-state index is 0.271. The summed E-state index contributed by atoms with van der Waals surface area (Å²) in [6.07, 6.45) is 3.01. The van der Waals surface area contributed by atoms with Gasteiger partial charge in [0.05, 0.1) is 19.9 Å². The van der Waals surface area contributed by atoms with Crippen LogP contribution in [0.4, 0.5) is 5.69 Å². The molecule has 0 spiro atoms.